The number of phosphoric acid groups is 1. The summed E-state index contributed by atoms with van der Waals surface area (Å²) in [5.41, 5.74) is 0. The van der Waals surface area contributed by atoms with Gasteiger partial charge in [-0.2, -0.15) is 0 Å². The van der Waals surface area contributed by atoms with Gasteiger partial charge in [-0.15, -0.1) is 0 Å². The minimum absolute atomic E-state index is 0.0821. The second kappa shape index (κ2) is 43.6. The Balaban J connectivity index is 4.15. The number of quaternary nitrogens is 1. The molecule has 2 unspecified atom stereocenters. The molecule has 2 atom stereocenters. The van der Waals surface area contributed by atoms with Crippen molar-refractivity contribution in [3.63, 3.8) is 0 Å². The highest BCUT2D eigenvalue weighted by molar-refractivity contribution is 7.47. The molecule has 0 aliphatic rings. The summed E-state index contributed by atoms with van der Waals surface area (Å²) >= 11 is 0. The number of nitrogens with zero attached hydrogens (tertiary/aromatic N) is 1. The maximum Gasteiger partial charge on any atom is 0.472 e. The average molecular weight is 863 g/mol. The van der Waals surface area contributed by atoms with Crippen molar-refractivity contribution in [2.24, 2.45) is 0 Å². The number of allylic oxidation sites excluding steroid dienone is 12. The summed E-state index contributed by atoms with van der Waals surface area (Å²) in [6.45, 7) is 5.44. The van der Waals surface area contributed by atoms with Crippen LogP contribution in [-0.4, -0.2) is 75.6 Å². The normalized spacial score (nSPS) is 14.3. The number of ether oxygens (including phenoxy) is 2. The lowest BCUT2D eigenvalue weighted by molar-refractivity contribution is -0.870. The predicted molar refractivity (Wildman–Crippen MR) is 256 cm³/mol. The largest absolute Gasteiger partial charge is 0.472 e. The Morgan fingerprint density at radius 3 is 1.45 bits per heavy atom. The zero-order valence-corrected chi connectivity index (χ0v) is 40.3. The van der Waals surface area contributed by atoms with Crippen LogP contribution in [0.3, 0.4) is 0 Å². The van der Waals surface area contributed by atoms with Gasteiger partial charge in [-0.05, 0) is 77.0 Å². The van der Waals surface area contributed by atoms with Gasteiger partial charge in [0.25, 0.3) is 0 Å². The topological polar surface area (TPSA) is 91.3 Å². The van der Waals surface area contributed by atoms with Gasteiger partial charge >= 0.3 is 13.8 Å². The molecule has 1 N–H and O–H groups in total. The number of rotatable bonds is 44. The number of hydrogen-bond acceptors (Lipinski definition) is 6. The summed E-state index contributed by atoms with van der Waals surface area (Å²) in [6, 6.07) is 0. The number of likely N-dealkylation sites (N-methyl/N-ethyl adjacent to an activating group) is 1. The van der Waals surface area contributed by atoms with E-state index in [1.165, 1.54) is 83.5 Å². The predicted octanol–water partition coefficient (Wildman–Crippen LogP) is 14.7. The first kappa shape index (κ1) is 57.9. The number of unbranched alkanes of at least 4 members (excludes halogenated alkanes) is 18. The first-order chi connectivity index (χ1) is 29.1. The van der Waals surface area contributed by atoms with E-state index in [1.54, 1.807) is 0 Å². The first-order valence-corrected chi connectivity index (χ1v) is 25.7. The molecule has 0 bridgehead atoms. The molecule has 0 aromatic rings. The molecule has 0 radical (unpaired) electrons. The molecule has 0 rings (SSSR count). The van der Waals surface area contributed by atoms with Crippen molar-refractivity contribution in [2.75, 3.05) is 54.1 Å². The van der Waals surface area contributed by atoms with E-state index >= 15 is 0 Å². The third-order valence-electron chi connectivity index (χ3n) is 10.0. The van der Waals surface area contributed by atoms with Crippen LogP contribution in [-0.2, 0) is 27.9 Å². The fraction of sp³-hybridized carbons (Fsp3) is 0.745. The van der Waals surface area contributed by atoms with Crippen molar-refractivity contribution < 1.29 is 37.3 Å². The number of carbonyl (C=O) groups is 1. The van der Waals surface area contributed by atoms with Crippen molar-refractivity contribution in [3.8, 4) is 0 Å². The highest BCUT2D eigenvalue weighted by Gasteiger charge is 2.26. The third kappa shape index (κ3) is 47.0. The number of esters is 1. The average Bonchev–Trinajstić information content (AvgIpc) is 3.20. The summed E-state index contributed by atoms with van der Waals surface area (Å²) in [4.78, 5) is 22.9. The highest BCUT2D eigenvalue weighted by Crippen LogP contribution is 2.43. The maximum atomic E-state index is 12.7. The summed E-state index contributed by atoms with van der Waals surface area (Å²) < 4.78 is 35.1. The quantitative estimate of drug-likeness (QED) is 0.0214. The van der Waals surface area contributed by atoms with Gasteiger partial charge in [-0.1, -0.05) is 177 Å². The Labute approximate surface area is 370 Å². The zero-order valence-electron chi connectivity index (χ0n) is 39.4. The molecule has 0 saturated heterocycles. The Kier molecular flexibility index (Phi) is 42.1. The Bertz CT molecular complexity index is 1190. The fourth-order valence-electron chi connectivity index (χ4n) is 6.27. The fourth-order valence-corrected chi connectivity index (χ4v) is 7.01. The van der Waals surface area contributed by atoms with Gasteiger partial charge in [-0.25, -0.2) is 4.57 Å². The van der Waals surface area contributed by atoms with Gasteiger partial charge in [0, 0.05) is 13.0 Å². The Hall–Kier alpha value is -2.06. The molecule has 60 heavy (non-hydrogen) atoms. The molecular formula is C51H93NO7P+. The monoisotopic (exact) mass is 863 g/mol. The lowest BCUT2D eigenvalue weighted by atomic mass is 10.1. The van der Waals surface area contributed by atoms with Crippen molar-refractivity contribution in [1.82, 2.24) is 0 Å². The smallest absolute Gasteiger partial charge is 0.457 e. The van der Waals surface area contributed by atoms with E-state index in [9.17, 15) is 14.3 Å². The van der Waals surface area contributed by atoms with E-state index < -0.39 is 13.9 Å². The van der Waals surface area contributed by atoms with Crippen molar-refractivity contribution >= 4 is 13.8 Å². The van der Waals surface area contributed by atoms with Crippen LogP contribution in [0.25, 0.3) is 0 Å². The Morgan fingerprint density at radius 2 is 0.967 bits per heavy atom. The summed E-state index contributed by atoms with van der Waals surface area (Å²) in [7, 11) is 1.65. The van der Waals surface area contributed by atoms with E-state index in [-0.39, 0.29) is 25.8 Å². The Morgan fingerprint density at radius 1 is 0.533 bits per heavy atom. The van der Waals surface area contributed by atoms with Gasteiger partial charge < -0.3 is 18.9 Å². The van der Waals surface area contributed by atoms with Crippen molar-refractivity contribution in [3.05, 3.63) is 72.9 Å². The number of carbonyl (C=O) groups excluding carboxylic acids is 1. The van der Waals surface area contributed by atoms with Gasteiger partial charge in [0.15, 0.2) is 0 Å². The van der Waals surface area contributed by atoms with Crippen LogP contribution in [0, 0.1) is 0 Å². The van der Waals surface area contributed by atoms with Crippen LogP contribution in [0.5, 0.6) is 0 Å². The van der Waals surface area contributed by atoms with Crippen LogP contribution in [0.4, 0.5) is 0 Å². The number of phosphoric ester groups is 1. The first-order valence-electron chi connectivity index (χ1n) is 24.2. The molecule has 9 heteroatoms. The second-order valence-corrected chi connectivity index (χ2v) is 18.6. The lowest BCUT2D eigenvalue weighted by Crippen LogP contribution is -2.37. The second-order valence-electron chi connectivity index (χ2n) is 17.1. The van der Waals surface area contributed by atoms with Crippen LogP contribution < -0.4 is 0 Å². The summed E-state index contributed by atoms with van der Waals surface area (Å²) in [5, 5.41) is 0. The molecule has 0 fully saturated rings. The molecule has 348 valence electrons. The molecular weight excluding hydrogens is 770 g/mol. The maximum absolute atomic E-state index is 12.7. The molecule has 0 heterocycles. The lowest BCUT2D eigenvalue weighted by Gasteiger charge is -2.24. The molecule has 0 spiro atoms. The minimum atomic E-state index is -4.29. The number of hydrogen-bond donors (Lipinski definition) is 1. The van der Waals surface area contributed by atoms with E-state index in [2.05, 4.69) is 86.8 Å². The molecule has 0 amide bonds. The van der Waals surface area contributed by atoms with Crippen LogP contribution in [0.1, 0.15) is 187 Å². The van der Waals surface area contributed by atoms with Gasteiger partial charge in [-0.3, -0.25) is 13.8 Å². The van der Waals surface area contributed by atoms with Gasteiger partial charge in [0.2, 0.25) is 0 Å². The van der Waals surface area contributed by atoms with Crippen molar-refractivity contribution in [2.45, 2.75) is 193 Å². The minimum Gasteiger partial charge on any atom is -0.457 e. The standard InChI is InChI=1S/C51H92NO7P/c1-6-8-10-12-14-16-18-20-22-23-24-25-26-27-28-29-30-31-33-35-37-39-41-43-46-56-48-50(49-58-60(54,55)57-47-45-52(3,4)5)59-51(53)44-42-40-38-36-34-32-21-19-17-15-13-11-9-7-2/h8,10,13-16,19-22,24-25,50H,6-7,9,11-12,17-18,23,26-49H2,1-5H3/p+1/b10-8-,15-13-,16-14-,21-19-,22-20-,25-24-. The molecule has 0 aromatic carbocycles. The highest BCUT2D eigenvalue weighted by atomic mass is 31.2. The van der Waals surface area contributed by atoms with Crippen molar-refractivity contribution in [1.29, 1.82) is 0 Å². The molecule has 0 aliphatic heterocycles. The van der Waals surface area contributed by atoms with Gasteiger partial charge in [0.05, 0.1) is 34.4 Å². The van der Waals surface area contributed by atoms with Crippen LogP contribution >= 0.6 is 7.82 Å². The summed E-state index contributed by atoms with van der Waals surface area (Å²) in [6.07, 6.45) is 56.6. The molecule has 0 aliphatic carbocycles. The van der Waals surface area contributed by atoms with E-state index in [1.807, 2.05) is 21.1 Å². The van der Waals surface area contributed by atoms with Crippen LogP contribution in [0.15, 0.2) is 72.9 Å². The zero-order chi connectivity index (χ0) is 44.1. The molecule has 0 saturated carbocycles. The SMILES string of the molecule is CC/C=C\C/C=C\C/C=C\C/C=C\CCCCCCCCCCCCCOCC(COP(=O)(O)OCC[N+](C)(C)C)OC(=O)CCCCCCC/C=C\C/C=C\CCCC. The van der Waals surface area contributed by atoms with E-state index in [0.29, 0.717) is 24.1 Å². The van der Waals surface area contributed by atoms with Gasteiger partial charge in [0.1, 0.15) is 19.3 Å². The molecule has 0 aromatic heterocycles. The van der Waals surface area contributed by atoms with E-state index in [0.717, 1.165) is 83.5 Å². The summed E-state index contributed by atoms with van der Waals surface area (Å²) in [5.74, 6) is -0.331. The van der Waals surface area contributed by atoms with Crippen LogP contribution in [0.2, 0.25) is 0 Å². The van der Waals surface area contributed by atoms with E-state index in [4.69, 9.17) is 18.5 Å². The third-order valence-corrected chi connectivity index (χ3v) is 11.0. The molecule has 8 nitrogen and oxygen atoms in total.